The maximum absolute atomic E-state index is 2.51. The van der Waals surface area contributed by atoms with Crippen LogP contribution in [0.5, 0.6) is 0 Å². The Morgan fingerprint density at radius 1 is 0.233 bits per heavy atom. The van der Waals surface area contributed by atoms with Crippen molar-refractivity contribution in [3.63, 3.8) is 0 Å². The van der Waals surface area contributed by atoms with Crippen molar-refractivity contribution in [3.8, 4) is 77.9 Å². The van der Waals surface area contributed by atoms with E-state index in [1.165, 1.54) is 200 Å². The summed E-state index contributed by atoms with van der Waals surface area (Å²) in [6.07, 6.45) is 9.27. The lowest BCUT2D eigenvalue weighted by Gasteiger charge is -2.30. The minimum Gasteiger partial charge on any atom is -0.310 e. The Morgan fingerprint density at radius 2 is 0.485 bits per heavy atom. The average Bonchev–Trinajstić information content (AvgIpc) is 1.61. The van der Waals surface area contributed by atoms with Gasteiger partial charge in [-0.15, -0.1) is 0 Å². The van der Waals surface area contributed by atoms with Crippen LogP contribution in [-0.2, 0) is 16.2 Å². The van der Waals surface area contributed by atoms with Crippen molar-refractivity contribution in [3.05, 3.63) is 323 Å². The van der Waals surface area contributed by atoms with Crippen molar-refractivity contribution < 1.29 is 0 Å². The van der Waals surface area contributed by atoms with Gasteiger partial charge in [0.2, 0.25) is 0 Å². The van der Waals surface area contributed by atoms with Crippen molar-refractivity contribution in [1.82, 2.24) is 0 Å². The highest BCUT2D eigenvalue weighted by molar-refractivity contribution is 6.89. The van der Waals surface area contributed by atoms with Gasteiger partial charge in [-0.1, -0.05) is 322 Å². The second kappa shape index (κ2) is 22.6. The Bertz CT molecular complexity index is 5610. The molecule has 19 rings (SSSR count). The fourth-order valence-electron chi connectivity index (χ4n) is 18.4. The molecule has 0 N–H and O–H groups in total. The zero-order valence-electron chi connectivity index (χ0n) is 61.1. The second-order valence-corrected chi connectivity index (χ2v) is 43.5. The Hall–Kier alpha value is -10.9. The van der Waals surface area contributed by atoms with Crippen LogP contribution in [0.2, 0.25) is 39.3 Å². The maximum Gasteiger partial charge on any atom is 0.0775 e. The number of nitrogens with zero attached hydrogens (tertiary/aromatic N) is 2. The first-order chi connectivity index (χ1) is 49.6. The molecule has 0 bridgehead atoms. The van der Waals surface area contributed by atoms with Crippen LogP contribution in [0.4, 0.5) is 34.1 Å². The molecule has 14 aromatic rings. The topological polar surface area (TPSA) is 6.48 Å². The SMILES string of the molecule is CC1(C)c2cc(/C=C/c3ccc4c(c3)C(C)(C)c3cc(N(c5ccc([Si](C)(C)C)cc5)c5ccc6c7c(cccc57)-c5ccccc5-6)ccc3-4)ccc2-c2ccc(/C=C/c3ccc4c(c3)C(C)(C)c3cc(N(c5ccc([Si](C)(C)C)cc5)c5ccc6c7c(cccc57)-c5ccccc5-6)ccc3-4)cc21. The predicted octanol–water partition coefficient (Wildman–Crippen LogP) is 26.6. The molecule has 0 amide bonds. The second-order valence-electron chi connectivity index (χ2n) is 33.3. The number of hydrogen-bond donors (Lipinski definition) is 0. The lowest BCUT2D eigenvalue weighted by molar-refractivity contribution is 0.660. The molecule has 103 heavy (non-hydrogen) atoms. The van der Waals surface area contributed by atoms with E-state index >= 15 is 0 Å². The van der Waals surface area contributed by atoms with E-state index in [9.17, 15) is 0 Å². The molecule has 0 heterocycles. The van der Waals surface area contributed by atoms with Gasteiger partial charge in [-0.2, -0.15) is 0 Å². The van der Waals surface area contributed by atoms with Crippen molar-refractivity contribution in [1.29, 1.82) is 0 Å². The molecule has 5 aliphatic rings. The quantitative estimate of drug-likeness (QED) is 0.0888. The van der Waals surface area contributed by atoms with E-state index in [-0.39, 0.29) is 16.2 Å². The molecule has 14 aromatic carbocycles. The third-order valence-corrected chi connectivity index (χ3v) is 28.2. The molecule has 4 heteroatoms. The number of benzene rings is 14. The number of anilines is 6. The predicted molar refractivity (Wildman–Crippen MR) is 449 cm³/mol. The van der Waals surface area contributed by atoms with Gasteiger partial charge in [-0.05, 0) is 205 Å². The van der Waals surface area contributed by atoms with E-state index in [2.05, 4.69) is 382 Å². The summed E-state index contributed by atoms with van der Waals surface area (Å²) in [4.78, 5) is 5.03. The van der Waals surface area contributed by atoms with Crippen molar-refractivity contribution >= 4 is 106 Å². The van der Waals surface area contributed by atoms with E-state index in [0.717, 1.165) is 0 Å². The van der Waals surface area contributed by atoms with Gasteiger partial charge in [0.25, 0.3) is 0 Å². The molecule has 2 nitrogen and oxygen atoms in total. The van der Waals surface area contributed by atoms with E-state index in [1.807, 2.05) is 0 Å². The van der Waals surface area contributed by atoms with Crippen LogP contribution in [0.25, 0.3) is 124 Å². The molecular formula is C99H84N2Si2. The lowest BCUT2D eigenvalue weighted by Crippen LogP contribution is -2.37. The molecule has 0 fully saturated rings. The van der Waals surface area contributed by atoms with Gasteiger partial charge in [0.1, 0.15) is 0 Å². The van der Waals surface area contributed by atoms with Gasteiger partial charge >= 0.3 is 0 Å². The third-order valence-electron chi connectivity index (χ3n) is 24.1. The Morgan fingerprint density at radius 3 is 0.786 bits per heavy atom. The molecule has 5 aliphatic carbocycles. The molecule has 0 atom stereocenters. The molecule has 0 aromatic heterocycles. The largest absolute Gasteiger partial charge is 0.310 e. The summed E-state index contributed by atoms with van der Waals surface area (Å²) in [7, 11) is -3.06. The van der Waals surface area contributed by atoms with Crippen LogP contribution >= 0.6 is 0 Å². The van der Waals surface area contributed by atoms with Crippen LogP contribution < -0.4 is 20.2 Å². The first-order valence-electron chi connectivity index (χ1n) is 36.9. The first-order valence-corrected chi connectivity index (χ1v) is 43.9. The monoisotopic (exact) mass is 1360 g/mol. The van der Waals surface area contributed by atoms with Crippen LogP contribution in [-0.4, -0.2) is 16.1 Å². The van der Waals surface area contributed by atoms with Gasteiger partial charge < -0.3 is 9.80 Å². The van der Waals surface area contributed by atoms with Gasteiger partial charge in [-0.25, -0.2) is 0 Å². The fourth-order valence-corrected chi connectivity index (χ4v) is 20.7. The lowest BCUT2D eigenvalue weighted by atomic mass is 9.81. The molecule has 0 aliphatic heterocycles. The smallest absolute Gasteiger partial charge is 0.0775 e. The molecule has 0 spiro atoms. The molecular weight excluding hydrogens is 1270 g/mol. The maximum atomic E-state index is 2.51. The van der Waals surface area contributed by atoms with E-state index in [0.29, 0.717) is 0 Å². The number of rotatable bonds is 12. The summed E-state index contributed by atoms with van der Waals surface area (Å²) in [5, 5.41) is 8.14. The summed E-state index contributed by atoms with van der Waals surface area (Å²) in [5.74, 6) is 0. The van der Waals surface area contributed by atoms with E-state index in [4.69, 9.17) is 0 Å². The molecule has 0 unspecified atom stereocenters. The summed E-state index contributed by atoms with van der Waals surface area (Å²) in [6, 6.07) is 103. The minimum atomic E-state index is -1.53. The summed E-state index contributed by atoms with van der Waals surface area (Å²) in [6.45, 7) is 29.1. The summed E-state index contributed by atoms with van der Waals surface area (Å²) < 4.78 is 0. The highest BCUT2D eigenvalue weighted by atomic mass is 28.3. The Balaban J connectivity index is 0.581. The average molecular weight is 1360 g/mol. The van der Waals surface area contributed by atoms with Crippen LogP contribution in [0.15, 0.2) is 267 Å². The highest BCUT2D eigenvalue weighted by Gasteiger charge is 2.40. The Labute approximate surface area is 609 Å². The van der Waals surface area contributed by atoms with Crippen molar-refractivity contribution in [2.45, 2.75) is 97.1 Å². The van der Waals surface area contributed by atoms with Crippen molar-refractivity contribution in [2.24, 2.45) is 0 Å². The van der Waals surface area contributed by atoms with Gasteiger partial charge in [-0.3, -0.25) is 0 Å². The fraction of sp³-hybridized carbons (Fsp3) is 0.152. The van der Waals surface area contributed by atoms with Crippen molar-refractivity contribution in [2.75, 3.05) is 9.80 Å². The van der Waals surface area contributed by atoms with Gasteiger partial charge in [0.05, 0.1) is 27.5 Å². The minimum absolute atomic E-state index is 0.177. The Kier molecular flexibility index (Phi) is 13.8. The van der Waals surface area contributed by atoms with Crippen LogP contribution in [0, 0.1) is 0 Å². The normalized spacial score (nSPS) is 14.8. The zero-order chi connectivity index (χ0) is 70.4. The summed E-state index contributed by atoms with van der Waals surface area (Å²) >= 11 is 0. The zero-order valence-corrected chi connectivity index (χ0v) is 63.1. The number of fused-ring (bicyclic) bond motifs is 15. The van der Waals surface area contributed by atoms with E-state index < -0.39 is 16.1 Å². The van der Waals surface area contributed by atoms with E-state index in [1.54, 1.807) is 0 Å². The molecule has 0 saturated carbocycles. The van der Waals surface area contributed by atoms with Crippen LogP contribution in [0.1, 0.15) is 97.2 Å². The third kappa shape index (κ3) is 9.70. The molecule has 498 valence electrons. The number of hydrogen-bond acceptors (Lipinski definition) is 2. The van der Waals surface area contributed by atoms with Gasteiger partial charge in [0.15, 0.2) is 0 Å². The molecule has 0 radical (unpaired) electrons. The summed E-state index contributed by atoms with van der Waals surface area (Å²) in [5.41, 5.74) is 37.9. The standard InChI is InChI=1S/C99H84N2Si2/c1-97(2)87-55-61(27-29-63-33-47-77-79-49-39-67(59-91(79)98(3,4)89(77)57-63)100(65-35-41-69(42-36-65)102(7,8)9)93-53-51-83-73-21-15-13-19-71(73)81-23-17-25-85(93)95(81)83)31-45-75(87)76-46-32-62(56-88(76)97)28-30-64-34-48-78-80-50-40-68(60-92(80)99(5,6)90(78)58-64)101(66-37-43-70(44-38-66)103(10,11)12)94-54-52-84-74-22-16-14-20-72(74)82-24-18-26-86(94)96(82)84/h13-60H,1-12H3/b29-27+,30-28+. The highest BCUT2D eigenvalue weighted by Crippen LogP contribution is 2.58. The molecule has 0 saturated heterocycles. The van der Waals surface area contributed by atoms with Gasteiger partial charge in [0, 0.05) is 49.8 Å². The first kappa shape index (κ1) is 63.1. The van der Waals surface area contributed by atoms with Crippen LogP contribution in [0.3, 0.4) is 0 Å².